The molecule has 2 saturated carbocycles. The van der Waals surface area contributed by atoms with Crippen LogP contribution in [0.4, 0.5) is 0 Å². The molecule has 0 saturated heterocycles. The molecule has 0 spiro atoms. The van der Waals surface area contributed by atoms with Gasteiger partial charge in [-0.2, -0.15) is 0 Å². The van der Waals surface area contributed by atoms with Gasteiger partial charge < -0.3 is 45.0 Å². The van der Waals surface area contributed by atoms with Gasteiger partial charge in [0.1, 0.15) is 30.2 Å². The average molecular weight is 776 g/mol. The lowest BCUT2D eigenvalue weighted by molar-refractivity contribution is -0.140. The lowest BCUT2D eigenvalue weighted by Gasteiger charge is -2.30. The number of aliphatic carboxylic acids is 1. The summed E-state index contributed by atoms with van der Waals surface area (Å²) in [6.45, 7) is -0.791. The number of hydrogen-bond acceptors (Lipinski definition) is 10. The molecule has 3 aromatic rings. The van der Waals surface area contributed by atoms with Crippen LogP contribution in [0.3, 0.4) is 0 Å². The SMILES string of the molecule is O=C(O)CCCC(=O)N(CCCCc1cc(Cl)c(COC2(c3cnccc3-c3ccccc3OC3CC3)CC2)cc1Cl)C[C@H](O)[C@@H](O)[C@H](O)[C@H](O)CO. The maximum Gasteiger partial charge on any atom is 0.303 e. The molecule has 53 heavy (non-hydrogen) atoms. The highest BCUT2D eigenvalue weighted by molar-refractivity contribution is 6.34. The molecule has 0 unspecified atom stereocenters. The van der Waals surface area contributed by atoms with E-state index in [9.17, 15) is 30.0 Å². The van der Waals surface area contributed by atoms with Crippen molar-refractivity contribution in [1.29, 1.82) is 0 Å². The Morgan fingerprint density at radius 1 is 0.906 bits per heavy atom. The minimum absolute atomic E-state index is 0.0899. The highest BCUT2D eigenvalue weighted by Crippen LogP contribution is 2.53. The van der Waals surface area contributed by atoms with Gasteiger partial charge in [-0.1, -0.05) is 41.4 Å². The third-order valence-electron chi connectivity index (χ3n) is 9.72. The molecule has 12 nitrogen and oxygen atoms in total. The van der Waals surface area contributed by atoms with Crippen LogP contribution in [0.25, 0.3) is 11.1 Å². The topological polar surface area (TPSA) is 190 Å². The number of carbonyl (C=O) groups is 2. The molecule has 2 fully saturated rings. The predicted octanol–water partition coefficient (Wildman–Crippen LogP) is 4.64. The van der Waals surface area contributed by atoms with Crippen LogP contribution in [0.5, 0.6) is 5.75 Å². The van der Waals surface area contributed by atoms with Gasteiger partial charge in [-0.15, -0.1) is 0 Å². The largest absolute Gasteiger partial charge is 0.490 e. The van der Waals surface area contributed by atoms with E-state index in [2.05, 4.69) is 11.1 Å². The molecule has 288 valence electrons. The molecule has 0 bridgehead atoms. The van der Waals surface area contributed by atoms with E-state index in [4.69, 9.17) is 42.9 Å². The van der Waals surface area contributed by atoms with Crippen LogP contribution in [0, 0.1) is 0 Å². The number of carboxylic acid groups (broad SMARTS) is 1. The average Bonchev–Trinajstić information content (AvgIpc) is 4.10. The highest BCUT2D eigenvalue weighted by Gasteiger charge is 2.48. The molecule has 5 rings (SSSR count). The lowest BCUT2D eigenvalue weighted by atomic mass is 9.96. The maximum absolute atomic E-state index is 12.9. The fourth-order valence-electron chi connectivity index (χ4n) is 6.28. The second-order valence-corrected chi connectivity index (χ2v) is 14.7. The molecule has 0 radical (unpaired) electrons. The van der Waals surface area contributed by atoms with Crippen molar-refractivity contribution in [3.05, 3.63) is 81.6 Å². The molecule has 1 aromatic heterocycles. The van der Waals surface area contributed by atoms with Gasteiger partial charge in [0.15, 0.2) is 0 Å². The van der Waals surface area contributed by atoms with Crippen molar-refractivity contribution < 1.29 is 49.7 Å². The zero-order valence-corrected chi connectivity index (χ0v) is 31.0. The summed E-state index contributed by atoms with van der Waals surface area (Å²) in [5.41, 5.74) is 4.07. The Bertz CT molecular complexity index is 1700. The van der Waals surface area contributed by atoms with Crippen LogP contribution in [-0.4, -0.2) is 103 Å². The molecule has 1 amide bonds. The number of hydrogen-bond donors (Lipinski definition) is 6. The number of nitrogens with zero attached hydrogens (tertiary/aromatic N) is 2. The fraction of sp³-hybridized carbons (Fsp3) is 0.513. The van der Waals surface area contributed by atoms with E-state index in [1.807, 2.05) is 36.5 Å². The number of pyridine rings is 1. The molecule has 14 heteroatoms. The molecular formula is C39H48Cl2N2O10. The Labute approximate surface area is 318 Å². The Hall–Kier alpha value is -3.33. The number of halogens is 2. The van der Waals surface area contributed by atoms with Gasteiger partial charge in [-0.3, -0.25) is 14.6 Å². The summed E-state index contributed by atoms with van der Waals surface area (Å²) in [7, 11) is 0. The number of aliphatic hydroxyl groups excluding tert-OH is 5. The third kappa shape index (κ3) is 11.1. The second kappa shape index (κ2) is 18.8. The first kappa shape index (κ1) is 40.8. The predicted molar refractivity (Wildman–Crippen MR) is 198 cm³/mol. The van der Waals surface area contributed by atoms with Crippen molar-refractivity contribution in [2.24, 2.45) is 0 Å². The van der Waals surface area contributed by atoms with Gasteiger partial charge in [0.25, 0.3) is 0 Å². The molecular weight excluding hydrogens is 727 g/mol. The van der Waals surface area contributed by atoms with Crippen LogP contribution >= 0.6 is 23.2 Å². The first-order valence-corrected chi connectivity index (χ1v) is 18.8. The summed E-state index contributed by atoms with van der Waals surface area (Å²) in [4.78, 5) is 29.6. The first-order valence-electron chi connectivity index (χ1n) is 18.1. The minimum atomic E-state index is -1.84. The smallest absolute Gasteiger partial charge is 0.303 e. The monoisotopic (exact) mass is 774 g/mol. The second-order valence-electron chi connectivity index (χ2n) is 13.9. The van der Waals surface area contributed by atoms with E-state index in [0.717, 1.165) is 59.3 Å². The Kier molecular flexibility index (Phi) is 14.5. The van der Waals surface area contributed by atoms with Crippen molar-refractivity contribution in [3.8, 4) is 16.9 Å². The van der Waals surface area contributed by atoms with E-state index in [1.165, 1.54) is 4.90 Å². The van der Waals surface area contributed by atoms with Gasteiger partial charge in [0, 0.05) is 59.5 Å². The number of benzene rings is 2. The van der Waals surface area contributed by atoms with E-state index in [0.29, 0.717) is 29.3 Å². The number of aryl methyl sites for hydroxylation is 1. The van der Waals surface area contributed by atoms with Crippen LogP contribution in [0.2, 0.25) is 10.0 Å². The van der Waals surface area contributed by atoms with Crippen LogP contribution in [0.15, 0.2) is 54.9 Å². The summed E-state index contributed by atoms with van der Waals surface area (Å²) in [6, 6.07) is 13.7. The zero-order valence-electron chi connectivity index (χ0n) is 29.4. The number of aromatic nitrogens is 1. The summed E-state index contributed by atoms with van der Waals surface area (Å²) < 4.78 is 12.8. The Morgan fingerprint density at radius 3 is 2.30 bits per heavy atom. The van der Waals surface area contributed by atoms with Gasteiger partial charge in [0.2, 0.25) is 5.91 Å². The molecule has 4 atom stereocenters. The standard InChI is InChI=1S/C39H48Cl2N2O10/c40-30-19-25(23-52-39(14-15-39)29-20-42-16-13-27(29)28-7-1-2-8-34(28)53-26-11-12-26)31(41)18-24(30)6-3-4-17-43(35(47)9-5-10-36(48)49)21-32(45)37(50)38(51)33(46)22-44/h1-2,7-8,13,16,18-20,26,32-33,37-38,44-46,50-51H,3-6,9-12,14-15,17,21-23H2,(H,48,49)/t32-,33+,37+,38+/m0/s1. The molecule has 2 aliphatic carbocycles. The van der Waals surface area contributed by atoms with E-state index < -0.39 is 48.5 Å². The number of amides is 1. The number of ether oxygens (including phenoxy) is 2. The van der Waals surface area contributed by atoms with Gasteiger partial charge >= 0.3 is 5.97 Å². The summed E-state index contributed by atoms with van der Waals surface area (Å²) in [5.74, 6) is -0.618. The van der Waals surface area contributed by atoms with Crippen molar-refractivity contribution in [2.75, 3.05) is 19.7 Å². The molecule has 6 N–H and O–H groups in total. The number of unbranched alkanes of at least 4 members (excludes halogenated alkanes) is 1. The van der Waals surface area contributed by atoms with Gasteiger partial charge in [-0.25, -0.2) is 0 Å². The van der Waals surface area contributed by atoms with Crippen molar-refractivity contribution in [1.82, 2.24) is 9.88 Å². The molecule has 2 aromatic carbocycles. The Morgan fingerprint density at radius 2 is 1.60 bits per heavy atom. The minimum Gasteiger partial charge on any atom is -0.490 e. The van der Waals surface area contributed by atoms with Crippen molar-refractivity contribution in [2.45, 2.75) is 107 Å². The number of rotatable bonds is 22. The number of carbonyl (C=O) groups excluding carboxylic acids is 1. The van der Waals surface area contributed by atoms with Crippen molar-refractivity contribution >= 4 is 35.1 Å². The van der Waals surface area contributed by atoms with E-state index in [-0.39, 0.29) is 45.1 Å². The zero-order chi connectivity index (χ0) is 38.1. The van der Waals surface area contributed by atoms with Crippen LogP contribution in [0.1, 0.15) is 74.5 Å². The Balaban J connectivity index is 1.18. The van der Waals surface area contributed by atoms with Gasteiger partial charge in [0.05, 0.1) is 24.9 Å². The molecule has 1 heterocycles. The number of para-hydroxylation sites is 1. The van der Waals surface area contributed by atoms with E-state index >= 15 is 0 Å². The van der Waals surface area contributed by atoms with Gasteiger partial charge in [-0.05, 0) is 92.3 Å². The van der Waals surface area contributed by atoms with Crippen LogP contribution < -0.4 is 4.74 Å². The third-order valence-corrected chi connectivity index (χ3v) is 10.4. The highest BCUT2D eigenvalue weighted by atomic mass is 35.5. The normalized spacial score (nSPS) is 17.1. The summed E-state index contributed by atoms with van der Waals surface area (Å²) in [6.07, 6.45) is 2.09. The maximum atomic E-state index is 12.9. The fourth-order valence-corrected chi connectivity index (χ4v) is 6.81. The number of carboxylic acids is 1. The molecule has 0 aliphatic heterocycles. The molecule has 2 aliphatic rings. The first-order chi connectivity index (χ1) is 25.4. The number of aliphatic hydroxyl groups is 5. The van der Waals surface area contributed by atoms with Crippen molar-refractivity contribution in [3.63, 3.8) is 0 Å². The summed E-state index contributed by atoms with van der Waals surface area (Å²) in [5, 5.41) is 59.5. The summed E-state index contributed by atoms with van der Waals surface area (Å²) >= 11 is 13.5. The van der Waals surface area contributed by atoms with E-state index in [1.54, 1.807) is 12.3 Å². The lowest BCUT2D eigenvalue weighted by Crippen LogP contribution is -2.50. The quantitative estimate of drug-likeness (QED) is 0.0780. The van der Waals surface area contributed by atoms with Crippen LogP contribution in [-0.2, 0) is 33.0 Å².